The molecule has 0 aromatic heterocycles. The van der Waals surface area contributed by atoms with Crippen LogP contribution in [0.2, 0.25) is 0 Å². The third-order valence-electron chi connectivity index (χ3n) is 7.69. The molecule has 0 radical (unpaired) electrons. The fraction of sp³-hybridized carbons (Fsp3) is 0.552. The second-order valence-electron chi connectivity index (χ2n) is 10.3. The van der Waals surface area contributed by atoms with Crippen LogP contribution in [0.15, 0.2) is 42.5 Å². The topological polar surface area (TPSA) is 41.6 Å². The molecule has 1 saturated carbocycles. The van der Waals surface area contributed by atoms with Gasteiger partial charge in [-0.25, -0.2) is 0 Å². The number of rotatable bonds is 7. The summed E-state index contributed by atoms with van der Waals surface area (Å²) in [5, 5.41) is 3.27. The predicted octanol–water partition coefficient (Wildman–Crippen LogP) is 5.42. The van der Waals surface area contributed by atoms with Gasteiger partial charge in [-0.05, 0) is 98.8 Å². The van der Waals surface area contributed by atoms with Crippen LogP contribution in [0.3, 0.4) is 0 Å². The first-order valence-corrected chi connectivity index (χ1v) is 13.1. The summed E-state index contributed by atoms with van der Waals surface area (Å²) in [5.41, 5.74) is 6.19. The van der Waals surface area contributed by atoms with E-state index in [9.17, 15) is 4.79 Å². The number of amides is 1. The van der Waals surface area contributed by atoms with Crippen LogP contribution >= 0.6 is 0 Å². The average Bonchev–Trinajstić information content (AvgIpc) is 3.07. The normalized spacial score (nSPS) is 21.6. The summed E-state index contributed by atoms with van der Waals surface area (Å²) in [6.45, 7) is 4.19. The number of carbonyl (C=O) groups is 1. The zero-order valence-electron chi connectivity index (χ0n) is 19.9. The van der Waals surface area contributed by atoms with Crippen molar-refractivity contribution in [2.45, 2.75) is 89.5 Å². The average molecular weight is 447 g/mol. The van der Waals surface area contributed by atoms with Crippen molar-refractivity contribution in [1.29, 1.82) is 0 Å². The molecule has 1 amide bonds. The van der Waals surface area contributed by atoms with E-state index in [0.29, 0.717) is 12.7 Å². The van der Waals surface area contributed by atoms with Crippen molar-refractivity contribution in [3.8, 4) is 0 Å². The predicted molar refractivity (Wildman–Crippen MR) is 132 cm³/mol. The van der Waals surface area contributed by atoms with Crippen LogP contribution in [0.1, 0.15) is 84.0 Å². The molecule has 176 valence electrons. The minimum atomic E-state index is 0.0349. The van der Waals surface area contributed by atoms with Gasteiger partial charge < -0.3 is 10.1 Å². The molecule has 1 aliphatic heterocycles. The summed E-state index contributed by atoms with van der Waals surface area (Å²) in [4.78, 5) is 15.4. The molecule has 4 heteroatoms. The molecule has 3 aliphatic rings. The molecule has 1 atom stereocenters. The first-order chi connectivity index (χ1) is 16.2. The monoisotopic (exact) mass is 446 g/mol. The molecule has 0 spiro atoms. The Hall–Kier alpha value is -2.17. The van der Waals surface area contributed by atoms with Gasteiger partial charge in [0.2, 0.25) is 0 Å². The lowest BCUT2D eigenvalue weighted by atomic mass is 9.87. The summed E-state index contributed by atoms with van der Waals surface area (Å²) in [7, 11) is 0. The lowest BCUT2D eigenvalue weighted by Crippen LogP contribution is -2.38. The molecule has 0 unspecified atom stereocenters. The van der Waals surface area contributed by atoms with E-state index in [1.165, 1.54) is 74.7 Å². The number of carbonyl (C=O) groups excluding carboxylic acids is 1. The number of nitrogens with one attached hydrogen (secondary N) is 1. The fourth-order valence-corrected chi connectivity index (χ4v) is 5.36. The highest BCUT2D eigenvalue weighted by molar-refractivity contribution is 5.94. The van der Waals surface area contributed by atoms with Gasteiger partial charge in [-0.15, -0.1) is 0 Å². The van der Waals surface area contributed by atoms with Gasteiger partial charge in [0.05, 0.1) is 12.7 Å². The molecule has 1 heterocycles. The second kappa shape index (κ2) is 10.8. The number of ether oxygens (including phenoxy) is 1. The van der Waals surface area contributed by atoms with Gasteiger partial charge in [-0.2, -0.15) is 0 Å². The molecule has 4 nitrogen and oxygen atoms in total. The summed E-state index contributed by atoms with van der Waals surface area (Å²) in [6, 6.07) is 15.1. The number of hydrogen-bond acceptors (Lipinski definition) is 3. The van der Waals surface area contributed by atoms with Crippen LogP contribution in [-0.4, -0.2) is 36.0 Å². The highest BCUT2D eigenvalue weighted by Gasteiger charge is 2.22. The molecule has 5 rings (SSSR count). The zero-order chi connectivity index (χ0) is 22.5. The molecule has 0 bridgehead atoms. The quantitative estimate of drug-likeness (QED) is 0.618. The standard InChI is InChI=1S/C29H38N2O2/c32-29(24-11-8-22(9-12-24)21-33-28-6-5-7-28)30-27-15-14-25-18-23(10-13-26(25)19-27)20-31-16-3-1-2-4-17-31/h8-13,18,27-28H,1-7,14-17,19-21H2,(H,30,32)/t27-/m0/s1. The Balaban J connectivity index is 1.12. The summed E-state index contributed by atoms with van der Waals surface area (Å²) < 4.78 is 5.87. The van der Waals surface area contributed by atoms with Gasteiger partial charge in [0.25, 0.3) is 5.91 Å². The van der Waals surface area contributed by atoms with Gasteiger partial charge in [-0.1, -0.05) is 43.2 Å². The lowest BCUT2D eigenvalue weighted by Gasteiger charge is -2.27. The summed E-state index contributed by atoms with van der Waals surface area (Å²) in [5.74, 6) is 0.0349. The number of nitrogens with zero attached hydrogens (tertiary/aromatic N) is 1. The van der Waals surface area contributed by atoms with E-state index in [2.05, 4.69) is 28.4 Å². The number of hydrogen-bond donors (Lipinski definition) is 1. The Labute approximate surface area is 198 Å². The number of aryl methyl sites for hydroxylation is 1. The Morgan fingerprint density at radius 2 is 1.64 bits per heavy atom. The molecule has 1 saturated heterocycles. The van der Waals surface area contributed by atoms with E-state index in [0.717, 1.165) is 36.9 Å². The van der Waals surface area contributed by atoms with Crippen molar-refractivity contribution in [3.05, 3.63) is 70.3 Å². The zero-order valence-corrected chi connectivity index (χ0v) is 19.9. The first-order valence-electron chi connectivity index (χ1n) is 13.1. The van der Waals surface area contributed by atoms with Gasteiger partial charge >= 0.3 is 0 Å². The molecule has 2 aromatic rings. The lowest BCUT2D eigenvalue weighted by molar-refractivity contribution is -0.00866. The van der Waals surface area contributed by atoms with E-state index < -0.39 is 0 Å². The third kappa shape index (κ3) is 6.04. The van der Waals surface area contributed by atoms with Crippen LogP contribution in [0.5, 0.6) is 0 Å². The van der Waals surface area contributed by atoms with E-state index in [4.69, 9.17) is 4.74 Å². The van der Waals surface area contributed by atoms with Crippen molar-refractivity contribution in [1.82, 2.24) is 10.2 Å². The molecule has 2 fully saturated rings. The Bertz CT molecular complexity index is 927. The summed E-state index contributed by atoms with van der Waals surface area (Å²) in [6.07, 6.45) is 12.5. The van der Waals surface area contributed by atoms with E-state index in [1.807, 2.05) is 24.3 Å². The minimum Gasteiger partial charge on any atom is -0.374 e. The highest BCUT2D eigenvalue weighted by Crippen LogP contribution is 2.25. The minimum absolute atomic E-state index is 0.0349. The van der Waals surface area contributed by atoms with Gasteiger partial charge in [-0.3, -0.25) is 9.69 Å². The molecular formula is C29H38N2O2. The number of benzene rings is 2. The smallest absolute Gasteiger partial charge is 0.251 e. The van der Waals surface area contributed by atoms with E-state index >= 15 is 0 Å². The van der Waals surface area contributed by atoms with Crippen LogP contribution < -0.4 is 5.32 Å². The second-order valence-corrected chi connectivity index (χ2v) is 10.3. The molecular weight excluding hydrogens is 408 g/mol. The SMILES string of the molecule is O=C(N[C@H]1CCc2cc(CN3CCCCCC3)ccc2C1)c1ccc(COC2CCC2)cc1. The molecule has 2 aromatic carbocycles. The molecule has 33 heavy (non-hydrogen) atoms. The van der Waals surface area contributed by atoms with Crippen molar-refractivity contribution in [3.63, 3.8) is 0 Å². The van der Waals surface area contributed by atoms with Crippen LogP contribution in [0, 0.1) is 0 Å². The third-order valence-corrected chi connectivity index (χ3v) is 7.69. The van der Waals surface area contributed by atoms with Crippen LogP contribution in [0.25, 0.3) is 0 Å². The first kappa shape index (κ1) is 22.6. The Morgan fingerprint density at radius 3 is 2.36 bits per heavy atom. The van der Waals surface area contributed by atoms with Gasteiger partial charge in [0.15, 0.2) is 0 Å². The number of likely N-dealkylation sites (tertiary alicyclic amines) is 1. The van der Waals surface area contributed by atoms with E-state index in [1.54, 1.807) is 0 Å². The highest BCUT2D eigenvalue weighted by atomic mass is 16.5. The van der Waals surface area contributed by atoms with E-state index in [-0.39, 0.29) is 11.9 Å². The van der Waals surface area contributed by atoms with Gasteiger partial charge in [0, 0.05) is 18.2 Å². The van der Waals surface area contributed by atoms with Crippen LogP contribution in [-0.2, 0) is 30.7 Å². The van der Waals surface area contributed by atoms with Crippen molar-refractivity contribution in [2.24, 2.45) is 0 Å². The molecule has 2 aliphatic carbocycles. The van der Waals surface area contributed by atoms with Crippen molar-refractivity contribution >= 4 is 5.91 Å². The molecule has 1 N–H and O–H groups in total. The number of fused-ring (bicyclic) bond motifs is 1. The Morgan fingerprint density at radius 1 is 0.879 bits per heavy atom. The maximum Gasteiger partial charge on any atom is 0.251 e. The maximum absolute atomic E-state index is 12.8. The van der Waals surface area contributed by atoms with Crippen molar-refractivity contribution < 1.29 is 9.53 Å². The van der Waals surface area contributed by atoms with Gasteiger partial charge in [0.1, 0.15) is 0 Å². The summed E-state index contributed by atoms with van der Waals surface area (Å²) >= 11 is 0. The fourth-order valence-electron chi connectivity index (χ4n) is 5.36. The van der Waals surface area contributed by atoms with Crippen molar-refractivity contribution in [2.75, 3.05) is 13.1 Å². The maximum atomic E-state index is 12.8. The largest absolute Gasteiger partial charge is 0.374 e. The Kier molecular flexibility index (Phi) is 7.43. The van der Waals surface area contributed by atoms with Crippen LogP contribution in [0.4, 0.5) is 0 Å².